The number of nitrogen functional groups attached to an aromatic ring is 1. The molecule has 5 heteroatoms. The van der Waals surface area contributed by atoms with E-state index in [0.717, 1.165) is 12.5 Å². The molecule has 0 unspecified atom stereocenters. The Morgan fingerprint density at radius 2 is 1.81 bits per heavy atom. The van der Waals surface area contributed by atoms with Crippen LogP contribution >= 0.6 is 0 Å². The Hall–Kier alpha value is -2.30. The number of halogens is 2. The molecule has 0 aliphatic carbocycles. The van der Waals surface area contributed by atoms with Gasteiger partial charge in [0.2, 0.25) is 0 Å². The zero-order chi connectivity index (χ0) is 15.4. The van der Waals surface area contributed by atoms with Crippen molar-refractivity contribution >= 4 is 5.69 Å². The van der Waals surface area contributed by atoms with Crippen LogP contribution in [-0.4, -0.2) is 6.61 Å². The van der Waals surface area contributed by atoms with Crippen LogP contribution in [0.2, 0.25) is 0 Å². The first-order valence-corrected chi connectivity index (χ1v) is 6.67. The number of anilines is 1. The summed E-state index contributed by atoms with van der Waals surface area (Å²) in [5.74, 6) is -0.0720. The van der Waals surface area contributed by atoms with Gasteiger partial charge in [-0.2, -0.15) is 0 Å². The van der Waals surface area contributed by atoms with Gasteiger partial charge in [-0.3, -0.25) is 0 Å². The van der Waals surface area contributed by atoms with Gasteiger partial charge in [0.05, 0.1) is 12.3 Å². The van der Waals surface area contributed by atoms with Gasteiger partial charge in [0, 0.05) is 12.1 Å². The predicted molar refractivity (Wildman–Crippen MR) is 77.8 cm³/mol. The van der Waals surface area contributed by atoms with Crippen molar-refractivity contribution in [3.63, 3.8) is 0 Å². The standard InChI is InChI=1S/C16H17F2NO2/c1-3-6-20-15-9-16(13(19)8-12(15)18)21-14-5-4-11(17)7-10(14)2/h4-5,7-9H,3,6,19H2,1-2H3. The molecule has 2 N–H and O–H groups in total. The number of ether oxygens (including phenoxy) is 2. The zero-order valence-electron chi connectivity index (χ0n) is 12.0. The minimum absolute atomic E-state index is 0.0841. The zero-order valence-corrected chi connectivity index (χ0v) is 12.0. The Morgan fingerprint density at radius 3 is 2.48 bits per heavy atom. The van der Waals surface area contributed by atoms with Crippen molar-refractivity contribution in [2.45, 2.75) is 20.3 Å². The molecule has 0 atom stereocenters. The summed E-state index contributed by atoms with van der Waals surface area (Å²) in [7, 11) is 0. The third kappa shape index (κ3) is 3.62. The maximum Gasteiger partial charge on any atom is 0.167 e. The molecule has 112 valence electrons. The van der Waals surface area contributed by atoms with E-state index in [1.54, 1.807) is 6.92 Å². The Kier molecular flexibility index (Phi) is 4.62. The van der Waals surface area contributed by atoms with Crippen molar-refractivity contribution in [3.05, 3.63) is 47.5 Å². The Balaban J connectivity index is 2.30. The highest BCUT2D eigenvalue weighted by Gasteiger charge is 2.12. The highest BCUT2D eigenvalue weighted by molar-refractivity contribution is 5.58. The molecule has 21 heavy (non-hydrogen) atoms. The van der Waals surface area contributed by atoms with Crippen molar-refractivity contribution < 1.29 is 18.3 Å². The fourth-order valence-electron chi connectivity index (χ4n) is 1.81. The van der Waals surface area contributed by atoms with Crippen molar-refractivity contribution in [3.8, 4) is 17.2 Å². The third-order valence-electron chi connectivity index (χ3n) is 2.88. The first kappa shape index (κ1) is 15.1. The van der Waals surface area contributed by atoms with E-state index < -0.39 is 5.82 Å². The molecule has 0 aliphatic rings. The van der Waals surface area contributed by atoms with Crippen LogP contribution in [0, 0.1) is 18.6 Å². The Bertz CT molecular complexity index is 644. The molecule has 3 nitrogen and oxygen atoms in total. The van der Waals surface area contributed by atoms with E-state index in [1.165, 1.54) is 24.3 Å². The molecule has 0 aromatic heterocycles. The number of nitrogens with two attached hydrogens (primary N) is 1. The molecular formula is C16H17F2NO2. The van der Waals surface area contributed by atoms with Gasteiger partial charge in [0.1, 0.15) is 11.6 Å². The highest BCUT2D eigenvalue weighted by Crippen LogP contribution is 2.34. The van der Waals surface area contributed by atoms with Gasteiger partial charge in [-0.25, -0.2) is 8.78 Å². The molecule has 0 radical (unpaired) electrons. The highest BCUT2D eigenvalue weighted by atomic mass is 19.1. The van der Waals surface area contributed by atoms with Crippen molar-refractivity contribution in [2.24, 2.45) is 0 Å². The molecule has 2 aromatic rings. The summed E-state index contributed by atoms with van der Waals surface area (Å²) in [5, 5.41) is 0. The van der Waals surface area contributed by atoms with Gasteiger partial charge in [-0.15, -0.1) is 0 Å². The quantitative estimate of drug-likeness (QED) is 0.829. The normalized spacial score (nSPS) is 10.5. The van der Waals surface area contributed by atoms with Crippen LogP contribution in [0.4, 0.5) is 14.5 Å². The number of hydrogen-bond donors (Lipinski definition) is 1. The van der Waals surface area contributed by atoms with E-state index in [4.69, 9.17) is 15.2 Å². The third-order valence-corrected chi connectivity index (χ3v) is 2.88. The average molecular weight is 293 g/mol. The van der Waals surface area contributed by atoms with E-state index in [2.05, 4.69) is 0 Å². The number of aryl methyl sites for hydroxylation is 1. The van der Waals surface area contributed by atoms with Gasteiger partial charge < -0.3 is 15.2 Å². The first-order chi connectivity index (χ1) is 10.0. The second-order valence-electron chi connectivity index (χ2n) is 4.68. The summed E-state index contributed by atoms with van der Waals surface area (Å²) >= 11 is 0. The summed E-state index contributed by atoms with van der Waals surface area (Å²) < 4.78 is 37.7. The van der Waals surface area contributed by atoms with Crippen LogP contribution in [0.5, 0.6) is 17.2 Å². The van der Waals surface area contributed by atoms with Crippen LogP contribution in [-0.2, 0) is 0 Å². The van der Waals surface area contributed by atoms with E-state index in [0.29, 0.717) is 17.9 Å². The number of rotatable bonds is 5. The minimum Gasteiger partial charge on any atom is -0.490 e. The van der Waals surface area contributed by atoms with Gasteiger partial charge in [-0.1, -0.05) is 6.92 Å². The SMILES string of the molecule is CCCOc1cc(Oc2ccc(F)cc2C)c(N)cc1F. The fourth-order valence-corrected chi connectivity index (χ4v) is 1.81. The van der Waals surface area contributed by atoms with Crippen LogP contribution in [0.1, 0.15) is 18.9 Å². The maximum atomic E-state index is 13.7. The molecule has 2 rings (SSSR count). The molecule has 0 saturated heterocycles. The second kappa shape index (κ2) is 6.43. The van der Waals surface area contributed by atoms with Gasteiger partial charge in [-0.05, 0) is 37.1 Å². The van der Waals surface area contributed by atoms with Gasteiger partial charge in [0.25, 0.3) is 0 Å². The summed E-state index contributed by atoms with van der Waals surface area (Å²) in [6.07, 6.45) is 0.761. The summed E-state index contributed by atoms with van der Waals surface area (Å²) in [4.78, 5) is 0. The van der Waals surface area contributed by atoms with Gasteiger partial charge >= 0.3 is 0 Å². The van der Waals surface area contributed by atoms with E-state index in [1.807, 2.05) is 6.92 Å². The number of benzene rings is 2. The minimum atomic E-state index is -0.538. The lowest BCUT2D eigenvalue weighted by Gasteiger charge is -2.13. The van der Waals surface area contributed by atoms with Crippen molar-refractivity contribution in [2.75, 3.05) is 12.3 Å². The molecule has 0 heterocycles. The molecule has 0 aliphatic heterocycles. The van der Waals surface area contributed by atoms with Gasteiger partial charge in [0.15, 0.2) is 17.3 Å². The Labute approximate surface area is 122 Å². The molecule has 0 saturated carbocycles. The average Bonchev–Trinajstić information content (AvgIpc) is 2.43. The predicted octanol–water partition coefficient (Wildman–Crippen LogP) is 4.44. The molecule has 0 fully saturated rings. The van der Waals surface area contributed by atoms with Crippen molar-refractivity contribution in [1.82, 2.24) is 0 Å². The van der Waals surface area contributed by atoms with Crippen LogP contribution in [0.25, 0.3) is 0 Å². The second-order valence-corrected chi connectivity index (χ2v) is 4.68. The largest absolute Gasteiger partial charge is 0.490 e. The lowest BCUT2D eigenvalue weighted by molar-refractivity contribution is 0.299. The smallest absolute Gasteiger partial charge is 0.167 e. The Morgan fingerprint density at radius 1 is 1.05 bits per heavy atom. The monoisotopic (exact) mass is 293 g/mol. The first-order valence-electron chi connectivity index (χ1n) is 6.67. The van der Waals surface area contributed by atoms with E-state index in [-0.39, 0.29) is 23.0 Å². The molecule has 2 aromatic carbocycles. The van der Waals surface area contributed by atoms with E-state index in [9.17, 15) is 8.78 Å². The molecular weight excluding hydrogens is 276 g/mol. The van der Waals surface area contributed by atoms with E-state index >= 15 is 0 Å². The van der Waals surface area contributed by atoms with Crippen LogP contribution in [0.15, 0.2) is 30.3 Å². The van der Waals surface area contributed by atoms with Crippen LogP contribution < -0.4 is 15.2 Å². The molecule has 0 spiro atoms. The molecule has 0 amide bonds. The maximum absolute atomic E-state index is 13.7. The summed E-state index contributed by atoms with van der Waals surface area (Å²) in [5.41, 5.74) is 6.53. The molecule has 0 bridgehead atoms. The lowest BCUT2D eigenvalue weighted by atomic mass is 10.2. The fraction of sp³-hybridized carbons (Fsp3) is 0.250. The van der Waals surface area contributed by atoms with Crippen LogP contribution in [0.3, 0.4) is 0 Å². The summed E-state index contributed by atoms with van der Waals surface area (Å²) in [6.45, 7) is 4.04. The summed E-state index contributed by atoms with van der Waals surface area (Å²) in [6, 6.07) is 6.70. The lowest BCUT2D eigenvalue weighted by Crippen LogP contribution is -2.00. The topological polar surface area (TPSA) is 44.5 Å². The van der Waals surface area contributed by atoms with Crippen molar-refractivity contribution in [1.29, 1.82) is 0 Å². The number of hydrogen-bond acceptors (Lipinski definition) is 3.